The zero-order chi connectivity index (χ0) is 11.1. The average Bonchev–Trinajstić information content (AvgIpc) is 2.27. The van der Waals surface area contributed by atoms with Gasteiger partial charge >= 0.3 is 0 Å². The van der Waals surface area contributed by atoms with Crippen LogP contribution >= 0.6 is 0 Å². The van der Waals surface area contributed by atoms with Crippen molar-refractivity contribution in [3.8, 4) is 6.07 Å². The summed E-state index contributed by atoms with van der Waals surface area (Å²) in [6.07, 6.45) is 0.629. The van der Waals surface area contributed by atoms with E-state index in [1.165, 1.54) is 0 Å². The molecule has 0 fully saturated rings. The lowest BCUT2D eigenvalue weighted by atomic mass is 10.1. The molecule has 0 heterocycles. The Bertz CT molecular complexity index is 390. The molecule has 0 saturated carbocycles. The minimum atomic E-state index is -0.294. The van der Waals surface area contributed by atoms with E-state index in [4.69, 9.17) is 5.26 Å². The number of hydrogen-bond donors (Lipinski definition) is 1. The van der Waals surface area contributed by atoms with Crippen molar-refractivity contribution in [2.24, 2.45) is 0 Å². The second-order valence-electron chi connectivity index (χ2n) is 2.97. The first-order valence-electron chi connectivity index (χ1n) is 4.44. The van der Waals surface area contributed by atoms with Gasteiger partial charge in [-0.25, -0.2) is 0 Å². The van der Waals surface area contributed by atoms with Crippen LogP contribution in [0.25, 0.3) is 0 Å². The van der Waals surface area contributed by atoms with Crippen LogP contribution in [-0.2, 0) is 11.3 Å². The number of benzene rings is 1. The summed E-state index contributed by atoms with van der Waals surface area (Å²) in [5.41, 5.74) is 1.49. The van der Waals surface area contributed by atoms with Gasteiger partial charge in [0.2, 0.25) is 5.91 Å². The molecule has 0 saturated heterocycles. The minimum absolute atomic E-state index is 0.133. The predicted octanol–water partition coefficient (Wildman–Crippen LogP) is 1.03. The molecule has 15 heavy (non-hydrogen) atoms. The van der Waals surface area contributed by atoms with Crippen molar-refractivity contribution in [1.29, 1.82) is 5.26 Å². The molecule has 1 N–H and O–H groups in total. The fourth-order valence-electron chi connectivity index (χ4n) is 1.05. The number of nitrogens with one attached hydrogen (secondary N) is 1. The molecule has 1 aromatic carbocycles. The molecular formula is C11H10N2O2. The first-order chi connectivity index (χ1) is 7.26. The minimum Gasteiger partial charge on any atom is -0.351 e. The molecule has 0 aromatic heterocycles. The molecule has 0 bridgehead atoms. The van der Waals surface area contributed by atoms with Crippen LogP contribution < -0.4 is 5.32 Å². The zero-order valence-corrected chi connectivity index (χ0v) is 8.06. The lowest BCUT2D eigenvalue weighted by Crippen LogP contribution is -2.21. The van der Waals surface area contributed by atoms with Crippen molar-refractivity contribution >= 4 is 12.2 Å². The summed E-state index contributed by atoms with van der Waals surface area (Å²) in [5, 5.41) is 10.8. The number of aldehydes is 1. The largest absolute Gasteiger partial charge is 0.351 e. The van der Waals surface area contributed by atoms with Crippen LogP contribution in [0.15, 0.2) is 24.3 Å². The standard InChI is InChI=1S/C11H10N2O2/c12-6-5-11(15)13-7-9-1-3-10(8-14)4-2-9/h1-4,8H,5,7H2,(H,13,15). The van der Waals surface area contributed by atoms with Crippen molar-refractivity contribution in [2.75, 3.05) is 0 Å². The van der Waals surface area contributed by atoms with Crippen LogP contribution in [0.1, 0.15) is 22.3 Å². The summed E-state index contributed by atoms with van der Waals surface area (Å²) in [7, 11) is 0. The topological polar surface area (TPSA) is 70.0 Å². The molecule has 0 aliphatic rings. The summed E-state index contributed by atoms with van der Waals surface area (Å²) < 4.78 is 0. The Hall–Kier alpha value is -2.15. The van der Waals surface area contributed by atoms with Crippen LogP contribution in [0.3, 0.4) is 0 Å². The summed E-state index contributed by atoms with van der Waals surface area (Å²) in [6, 6.07) is 8.64. The van der Waals surface area contributed by atoms with Gasteiger partial charge in [-0.3, -0.25) is 9.59 Å². The summed E-state index contributed by atoms with van der Waals surface area (Å²) in [4.78, 5) is 21.3. The monoisotopic (exact) mass is 202 g/mol. The van der Waals surface area contributed by atoms with Gasteiger partial charge in [-0.2, -0.15) is 5.26 Å². The molecule has 0 radical (unpaired) electrons. The molecule has 1 aromatic rings. The van der Waals surface area contributed by atoms with E-state index >= 15 is 0 Å². The fourth-order valence-corrected chi connectivity index (χ4v) is 1.05. The highest BCUT2D eigenvalue weighted by molar-refractivity contribution is 5.78. The maximum absolute atomic E-state index is 10.9. The molecule has 1 amide bonds. The number of hydrogen-bond acceptors (Lipinski definition) is 3. The lowest BCUT2D eigenvalue weighted by Gasteiger charge is -2.02. The Morgan fingerprint density at radius 1 is 1.40 bits per heavy atom. The van der Waals surface area contributed by atoms with E-state index in [-0.39, 0.29) is 12.3 Å². The molecule has 76 valence electrons. The van der Waals surface area contributed by atoms with E-state index in [1.807, 2.05) is 0 Å². The van der Waals surface area contributed by atoms with Gasteiger partial charge < -0.3 is 5.32 Å². The van der Waals surface area contributed by atoms with Crippen LogP contribution in [0, 0.1) is 11.3 Å². The van der Waals surface area contributed by atoms with Crippen LogP contribution in [0.2, 0.25) is 0 Å². The van der Waals surface area contributed by atoms with Crippen molar-refractivity contribution in [1.82, 2.24) is 5.32 Å². The Balaban J connectivity index is 2.48. The van der Waals surface area contributed by atoms with E-state index in [9.17, 15) is 9.59 Å². The third-order valence-corrected chi connectivity index (χ3v) is 1.85. The van der Waals surface area contributed by atoms with Gasteiger partial charge in [-0.1, -0.05) is 24.3 Å². The molecule has 0 aliphatic carbocycles. The highest BCUT2D eigenvalue weighted by Crippen LogP contribution is 2.01. The molecule has 0 aliphatic heterocycles. The van der Waals surface area contributed by atoms with Crippen LogP contribution in [-0.4, -0.2) is 12.2 Å². The lowest BCUT2D eigenvalue weighted by molar-refractivity contribution is -0.120. The smallest absolute Gasteiger partial charge is 0.234 e. The second kappa shape index (κ2) is 5.55. The Kier molecular flexibility index (Phi) is 4.05. The summed E-state index contributed by atoms with van der Waals surface area (Å²) >= 11 is 0. The third kappa shape index (κ3) is 3.61. The molecule has 4 nitrogen and oxygen atoms in total. The Labute approximate surface area is 87.5 Å². The molecule has 1 rings (SSSR count). The van der Waals surface area contributed by atoms with E-state index in [1.54, 1.807) is 30.3 Å². The highest BCUT2D eigenvalue weighted by Gasteiger charge is 1.99. The SMILES string of the molecule is N#CCC(=O)NCc1ccc(C=O)cc1. The van der Waals surface area contributed by atoms with Crippen LogP contribution in [0.5, 0.6) is 0 Å². The molecule has 4 heteroatoms. The van der Waals surface area contributed by atoms with Gasteiger partial charge in [0.05, 0.1) is 6.07 Å². The summed E-state index contributed by atoms with van der Waals surface area (Å²) in [6.45, 7) is 0.375. The first-order valence-corrected chi connectivity index (χ1v) is 4.44. The van der Waals surface area contributed by atoms with Crippen molar-refractivity contribution < 1.29 is 9.59 Å². The van der Waals surface area contributed by atoms with E-state index in [2.05, 4.69) is 5.32 Å². The molecular weight excluding hydrogens is 192 g/mol. The number of nitrogens with zero attached hydrogens (tertiary/aromatic N) is 1. The van der Waals surface area contributed by atoms with Crippen molar-refractivity contribution in [3.63, 3.8) is 0 Å². The average molecular weight is 202 g/mol. The Morgan fingerprint density at radius 3 is 2.60 bits per heavy atom. The van der Waals surface area contributed by atoms with Gasteiger partial charge in [-0.15, -0.1) is 0 Å². The Morgan fingerprint density at radius 2 is 2.07 bits per heavy atom. The number of carbonyl (C=O) groups excluding carboxylic acids is 2. The van der Waals surface area contributed by atoms with E-state index < -0.39 is 0 Å². The number of nitriles is 1. The molecule has 0 unspecified atom stereocenters. The zero-order valence-electron chi connectivity index (χ0n) is 8.06. The number of amides is 1. The van der Waals surface area contributed by atoms with Gasteiger partial charge in [0.1, 0.15) is 12.7 Å². The van der Waals surface area contributed by atoms with Gasteiger partial charge in [0, 0.05) is 12.1 Å². The third-order valence-electron chi connectivity index (χ3n) is 1.85. The maximum atomic E-state index is 10.9. The maximum Gasteiger partial charge on any atom is 0.234 e. The number of carbonyl (C=O) groups is 2. The first kappa shape index (κ1) is 10.9. The van der Waals surface area contributed by atoms with Crippen molar-refractivity contribution in [3.05, 3.63) is 35.4 Å². The van der Waals surface area contributed by atoms with Gasteiger partial charge in [0.25, 0.3) is 0 Å². The van der Waals surface area contributed by atoms with Gasteiger partial charge in [-0.05, 0) is 5.56 Å². The number of rotatable bonds is 4. The van der Waals surface area contributed by atoms with Crippen LogP contribution in [0.4, 0.5) is 0 Å². The molecule has 0 spiro atoms. The van der Waals surface area contributed by atoms with Crippen molar-refractivity contribution in [2.45, 2.75) is 13.0 Å². The quantitative estimate of drug-likeness (QED) is 0.741. The van der Waals surface area contributed by atoms with E-state index in [0.717, 1.165) is 11.8 Å². The second-order valence-corrected chi connectivity index (χ2v) is 2.97. The molecule has 0 atom stereocenters. The van der Waals surface area contributed by atoms with Gasteiger partial charge in [0.15, 0.2) is 0 Å². The predicted molar refractivity (Wildman–Crippen MR) is 53.9 cm³/mol. The highest BCUT2D eigenvalue weighted by atomic mass is 16.1. The van der Waals surface area contributed by atoms with E-state index in [0.29, 0.717) is 12.1 Å². The normalized spacial score (nSPS) is 9.00. The summed E-state index contributed by atoms with van der Waals surface area (Å²) in [5.74, 6) is -0.294. The fraction of sp³-hybridized carbons (Fsp3) is 0.182.